The molecular formula is C22H21NO5. The molecule has 3 rings (SSSR count). The number of benzene rings is 3. The first-order valence-electron chi connectivity index (χ1n) is 8.92. The third kappa shape index (κ3) is 4.86. The maximum Gasteiger partial charge on any atom is 0.412 e. The number of hydrogen-bond acceptors (Lipinski definition) is 5. The lowest BCUT2D eigenvalue weighted by Gasteiger charge is -2.12. The summed E-state index contributed by atoms with van der Waals surface area (Å²) in [6, 6.07) is 17.6. The lowest BCUT2D eigenvalue weighted by Crippen LogP contribution is -2.30. The van der Waals surface area contributed by atoms with Gasteiger partial charge in [0.1, 0.15) is 12.4 Å². The van der Waals surface area contributed by atoms with Gasteiger partial charge in [-0.25, -0.2) is 9.59 Å². The number of nitrogens with one attached hydrogen (secondary N) is 1. The molecule has 0 saturated heterocycles. The summed E-state index contributed by atoms with van der Waals surface area (Å²) < 4.78 is 15.7. The van der Waals surface area contributed by atoms with Crippen molar-refractivity contribution in [1.82, 2.24) is 5.32 Å². The predicted molar refractivity (Wildman–Crippen MR) is 107 cm³/mol. The summed E-state index contributed by atoms with van der Waals surface area (Å²) in [6.07, 6.45) is 0.539. The van der Waals surface area contributed by atoms with E-state index in [0.717, 1.165) is 27.6 Å². The van der Waals surface area contributed by atoms with Crippen molar-refractivity contribution in [2.75, 3.05) is 26.4 Å². The molecule has 1 amide bonds. The van der Waals surface area contributed by atoms with Gasteiger partial charge in [-0.15, -0.1) is 0 Å². The number of amides is 1. The van der Waals surface area contributed by atoms with Crippen LogP contribution in [0.4, 0.5) is 4.79 Å². The zero-order valence-corrected chi connectivity index (χ0v) is 15.4. The summed E-state index contributed by atoms with van der Waals surface area (Å²) in [4.78, 5) is 23.1. The van der Waals surface area contributed by atoms with E-state index in [0.29, 0.717) is 5.75 Å². The second kappa shape index (κ2) is 9.53. The monoisotopic (exact) mass is 379 g/mol. The van der Waals surface area contributed by atoms with Crippen LogP contribution in [-0.2, 0) is 14.3 Å². The quantitative estimate of drug-likeness (QED) is 0.279. The average molecular weight is 379 g/mol. The second-order valence-corrected chi connectivity index (χ2v) is 5.95. The van der Waals surface area contributed by atoms with Crippen LogP contribution >= 0.6 is 0 Å². The van der Waals surface area contributed by atoms with Crippen molar-refractivity contribution in [2.24, 2.45) is 0 Å². The number of esters is 1. The van der Waals surface area contributed by atoms with Crippen molar-refractivity contribution in [1.29, 1.82) is 0 Å². The maximum absolute atomic E-state index is 12.2. The zero-order valence-electron chi connectivity index (χ0n) is 15.4. The van der Waals surface area contributed by atoms with Crippen LogP contribution in [0.3, 0.4) is 0 Å². The minimum atomic E-state index is -0.553. The van der Waals surface area contributed by atoms with Crippen molar-refractivity contribution in [3.8, 4) is 5.75 Å². The first-order chi connectivity index (χ1) is 13.7. The Morgan fingerprint density at radius 3 is 2.21 bits per heavy atom. The van der Waals surface area contributed by atoms with Gasteiger partial charge in [0.05, 0.1) is 13.2 Å². The fourth-order valence-electron chi connectivity index (χ4n) is 2.80. The van der Waals surface area contributed by atoms with Gasteiger partial charge < -0.3 is 19.5 Å². The topological polar surface area (TPSA) is 73.9 Å². The molecule has 0 spiro atoms. The molecule has 1 N–H and O–H groups in total. The fraction of sp³-hybridized carbons (Fsp3) is 0.182. The summed E-state index contributed by atoms with van der Waals surface area (Å²) in [6.45, 7) is 4.23. The largest absolute Gasteiger partial charge is 0.460 e. The van der Waals surface area contributed by atoms with Gasteiger partial charge in [-0.1, -0.05) is 55.1 Å². The first kappa shape index (κ1) is 19.4. The standard InChI is InChI=1S/C22H21NO5/c1-2-20(24)27-14-13-26-12-11-23-22(25)28-21-18-9-5-3-7-16(18)15-17-8-4-6-10-19(17)21/h2-10,15H,1,11-14H2,(H,23,25). The molecule has 0 saturated carbocycles. The molecule has 0 aliphatic heterocycles. The molecule has 144 valence electrons. The maximum atomic E-state index is 12.2. The van der Waals surface area contributed by atoms with E-state index in [1.807, 2.05) is 48.5 Å². The van der Waals surface area contributed by atoms with Crippen LogP contribution in [-0.4, -0.2) is 38.4 Å². The van der Waals surface area contributed by atoms with Gasteiger partial charge in [-0.05, 0) is 16.8 Å². The Morgan fingerprint density at radius 2 is 1.57 bits per heavy atom. The number of hydrogen-bond donors (Lipinski definition) is 1. The minimum absolute atomic E-state index is 0.136. The Labute approximate surface area is 162 Å². The molecule has 3 aromatic rings. The van der Waals surface area contributed by atoms with Crippen molar-refractivity contribution in [2.45, 2.75) is 0 Å². The number of carbonyl (C=O) groups excluding carboxylic acids is 2. The fourth-order valence-corrected chi connectivity index (χ4v) is 2.80. The Hall–Kier alpha value is -3.38. The smallest absolute Gasteiger partial charge is 0.412 e. The van der Waals surface area contributed by atoms with Crippen molar-refractivity contribution in [3.05, 3.63) is 67.3 Å². The molecule has 0 atom stereocenters. The van der Waals surface area contributed by atoms with Crippen LogP contribution in [0, 0.1) is 0 Å². The van der Waals surface area contributed by atoms with Crippen LogP contribution < -0.4 is 10.1 Å². The molecule has 3 aromatic carbocycles. The normalized spacial score (nSPS) is 10.6. The minimum Gasteiger partial charge on any atom is -0.460 e. The van der Waals surface area contributed by atoms with Crippen LogP contribution in [0.25, 0.3) is 21.5 Å². The molecule has 6 nitrogen and oxygen atoms in total. The molecule has 0 unspecified atom stereocenters. The number of carbonyl (C=O) groups is 2. The van der Waals surface area contributed by atoms with Gasteiger partial charge in [-0.3, -0.25) is 0 Å². The highest BCUT2D eigenvalue weighted by Crippen LogP contribution is 2.34. The predicted octanol–water partition coefficient (Wildman–Crippen LogP) is 3.83. The molecule has 0 aliphatic carbocycles. The molecule has 0 bridgehead atoms. The molecule has 28 heavy (non-hydrogen) atoms. The average Bonchev–Trinajstić information content (AvgIpc) is 2.72. The van der Waals surface area contributed by atoms with Crippen LogP contribution in [0.5, 0.6) is 5.75 Å². The summed E-state index contributed by atoms with van der Waals surface area (Å²) in [5, 5.41) is 6.41. The van der Waals surface area contributed by atoms with Gasteiger partial charge in [0.25, 0.3) is 0 Å². The van der Waals surface area contributed by atoms with Gasteiger partial charge in [0.15, 0.2) is 0 Å². The summed E-state index contributed by atoms with van der Waals surface area (Å²) in [7, 11) is 0. The molecule has 0 fully saturated rings. The number of fused-ring (bicyclic) bond motifs is 2. The third-order valence-corrected chi connectivity index (χ3v) is 4.07. The Kier molecular flexibility index (Phi) is 6.59. The van der Waals surface area contributed by atoms with Gasteiger partial charge in [0.2, 0.25) is 0 Å². The van der Waals surface area contributed by atoms with E-state index >= 15 is 0 Å². The van der Waals surface area contributed by atoms with E-state index in [9.17, 15) is 9.59 Å². The molecule has 6 heteroatoms. The van der Waals surface area contributed by atoms with Crippen molar-refractivity contribution < 1.29 is 23.8 Å². The molecule has 0 heterocycles. The van der Waals surface area contributed by atoms with E-state index in [-0.39, 0.29) is 26.4 Å². The number of rotatable bonds is 8. The lowest BCUT2D eigenvalue weighted by molar-refractivity contribution is -0.139. The Bertz CT molecular complexity index is 945. The van der Waals surface area contributed by atoms with Crippen molar-refractivity contribution >= 4 is 33.6 Å². The molecule has 0 aliphatic rings. The second-order valence-electron chi connectivity index (χ2n) is 5.95. The molecule has 0 radical (unpaired) electrons. The summed E-state index contributed by atoms with van der Waals surface area (Å²) >= 11 is 0. The van der Waals surface area contributed by atoms with Crippen molar-refractivity contribution in [3.63, 3.8) is 0 Å². The van der Waals surface area contributed by atoms with Crippen LogP contribution in [0.15, 0.2) is 67.3 Å². The van der Waals surface area contributed by atoms with E-state index in [1.54, 1.807) is 0 Å². The SMILES string of the molecule is C=CC(=O)OCCOCCNC(=O)Oc1c2ccccc2cc2ccccc12. The summed E-state index contributed by atoms with van der Waals surface area (Å²) in [5.41, 5.74) is 0. The highest BCUT2D eigenvalue weighted by Gasteiger charge is 2.12. The first-order valence-corrected chi connectivity index (χ1v) is 8.92. The van der Waals surface area contributed by atoms with Gasteiger partial charge in [0, 0.05) is 23.4 Å². The van der Waals surface area contributed by atoms with E-state index in [1.165, 1.54) is 0 Å². The van der Waals surface area contributed by atoms with E-state index in [4.69, 9.17) is 14.2 Å². The van der Waals surface area contributed by atoms with Gasteiger partial charge in [-0.2, -0.15) is 0 Å². The van der Waals surface area contributed by atoms with E-state index < -0.39 is 12.1 Å². The van der Waals surface area contributed by atoms with Crippen LogP contribution in [0.1, 0.15) is 0 Å². The molecule has 0 aromatic heterocycles. The third-order valence-electron chi connectivity index (χ3n) is 4.07. The van der Waals surface area contributed by atoms with Gasteiger partial charge >= 0.3 is 12.1 Å². The Balaban J connectivity index is 1.57. The van der Waals surface area contributed by atoms with Crippen LogP contribution in [0.2, 0.25) is 0 Å². The summed E-state index contributed by atoms with van der Waals surface area (Å²) in [5.74, 6) is 0.0380. The zero-order chi connectivity index (χ0) is 19.8. The molecular weight excluding hydrogens is 358 g/mol. The highest BCUT2D eigenvalue weighted by atomic mass is 16.6. The van der Waals surface area contributed by atoms with E-state index in [2.05, 4.69) is 18.0 Å². The Morgan fingerprint density at radius 1 is 0.929 bits per heavy atom. The highest BCUT2D eigenvalue weighted by molar-refractivity contribution is 6.06. The number of ether oxygens (including phenoxy) is 3. The lowest BCUT2D eigenvalue weighted by atomic mass is 10.0.